The van der Waals surface area contributed by atoms with Gasteiger partial charge >= 0.3 is 5.97 Å². The molecule has 0 radical (unpaired) electrons. The highest BCUT2D eigenvalue weighted by atomic mass is 35.5. The van der Waals surface area contributed by atoms with Gasteiger partial charge < -0.3 is 19.6 Å². The minimum absolute atomic E-state index is 0.0848. The summed E-state index contributed by atoms with van der Waals surface area (Å²) in [5.41, 5.74) is 0.971. The van der Waals surface area contributed by atoms with Gasteiger partial charge in [0.05, 0.1) is 34.1 Å². The number of carbonyl (C=O) groups is 2. The first kappa shape index (κ1) is 17.9. The Bertz CT molecular complexity index is 736. The van der Waals surface area contributed by atoms with Crippen LogP contribution in [0.25, 0.3) is 0 Å². The van der Waals surface area contributed by atoms with Gasteiger partial charge in [-0.2, -0.15) is 0 Å². The van der Waals surface area contributed by atoms with Crippen molar-refractivity contribution in [3.63, 3.8) is 0 Å². The van der Waals surface area contributed by atoms with Crippen LogP contribution in [-0.2, 0) is 14.3 Å². The lowest BCUT2D eigenvalue weighted by Crippen LogP contribution is -2.53. The van der Waals surface area contributed by atoms with E-state index >= 15 is 0 Å². The van der Waals surface area contributed by atoms with E-state index in [2.05, 4.69) is 4.90 Å². The van der Waals surface area contributed by atoms with E-state index in [9.17, 15) is 14.7 Å². The molecule has 3 heterocycles. The zero-order valence-electron chi connectivity index (χ0n) is 14.1. The predicted molar refractivity (Wildman–Crippen MR) is 97.8 cm³/mol. The second kappa shape index (κ2) is 6.91. The van der Waals surface area contributed by atoms with Crippen LogP contribution in [0.4, 0.5) is 5.69 Å². The highest BCUT2D eigenvalue weighted by Crippen LogP contribution is 2.44. The van der Waals surface area contributed by atoms with Crippen LogP contribution in [0.1, 0.15) is 12.8 Å². The van der Waals surface area contributed by atoms with E-state index < -0.39 is 17.8 Å². The Morgan fingerprint density at radius 2 is 1.65 bits per heavy atom. The molecule has 8 heteroatoms. The van der Waals surface area contributed by atoms with Crippen molar-refractivity contribution < 1.29 is 19.4 Å². The molecule has 1 N–H and O–H groups in total. The van der Waals surface area contributed by atoms with Crippen LogP contribution in [0, 0.1) is 11.8 Å². The van der Waals surface area contributed by atoms with Crippen molar-refractivity contribution in [2.45, 2.75) is 25.0 Å². The molecule has 0 aliphatic carbocycles. The Balaban J connectivity index is 1.42. The van der Waals surface area contributed by atoms with Gasteiger partial charge in [0.1, 0.15) is 0 Å². The zero-order valence-corrected chi connectivity index (χ0v) is 15.6. The second-order valence-corrected chi connectivity index (χ2v) is 7.91. The van der Waals surface area contributed by atoms with E-state index in [1.807, 2.05) is 12.1 Å². The number of amides is 1. The Labute approximate surface area is 161 Å². The number of carboxylic acids is 1. The monoisotopic (exact) mass is 398 g/mol. The van der Waals surface area contributed by atoms with Crippen molar-refractivity contribution in [1.82, 2.24) is 4.90 Å². The molecule has 0 aromatic heterocycles. The number of anilines is 1. The molecule has 1 aromatic rings. The molecule has 3 saturated heterocycles. The average molecular weight is 399 g/mol. The fourth-order valence-corrected chi connectivity index (χ4v) is 4.68. The van der Waals surface area contributed by atoms with Gasteiger partial charge in [-0.3, -0.25) is 9.59 Å². The number of aliphatic carboxylic acids is 1. The molecule has 3 aliphatic rings. The van der Waals surface area contributed by atoms with Crippen molar-refractivity contribution in [2.24, 2.45) is 11.8 Å². The number of hydrogen-bond acceptors (Lipinski definition) is 4. The quantitative estimate of drug-likeness (QED) is 0.846. The molecule has 1 aromatic carbocycles. The molecule has 2 bridgehead atoms. The van der Waals surface area contributed by atoms with Crippen LogP contribution in [0.15, 0.2) is 18.2 Å². The molecule has 4 rings (SSSR count). The second-order valence-electron chi connectivity index (χ2n) is 7.09. The first-order valence-corrected chi connectivity index (χ1v) is 9.58. The van der Waals surface area contributed by atoms with Gasteiger partial charge in [-0.25, -0.2) is 0 Å². The van der Waals surface area contributed by atoms with Crippen LogP contribution in [0.5, 0.6) is 0 Å². The first-order valence-electron chi connectivity index (χ1n) is 8.83. The zero-order chi connectivity index (χ0) is 18.4. The molecule has 4 atom stereocenters. The molecule has 3 aliphatic heterocycles. The van der Waals surface area contributed by atoms with E-state index in [0.717, 1.165) is 18.5 Å². The van der Waals surface area contributed by atoms with Crippen molar-refractivity contribution in [3.05, 3.63) is 28.2 Å². The number of benzene rings is 1. The number of piperazine rings is 1. The van der Waals surface area contributed by atoms with E-state index in [4.69, 9.17) is 27.9 Å². The summed E-state index contributed by atoms with van der Waals surface area (Å²) in [6.07, 6.45) is 0.940. The number of rotatable bonds is 3. The van der Waals surface area contributed by atoms with E-state index in [-0.39, 0.29) is 18.1 Å². The summed E-state index contributed by atoms with van der Waals surface area (Å²) in [7, 11) is 0. The third-order valence-corrected chi connectivity index (χ3v) is 6.44. The summed E-state index contributed by atoms with van der Waals surface area (Å²) >= 11 is 12.1. The highest BCUT2D eigenvalue weighted by molar-refractivity contribution is 6.42. The Kier molecular flexibility index (Phi) is 4.75. The molecular formula is C18H20Cl2N2O4. The average Bonchev–Trinajstić information content (AvgIpc) is 3.25. The molecule has 6 nitrogen and oxygen atoms in total. The number of carboxylic acid groups (broad SMARTS) is 1. The smallest absolute Gasteiger partial charge is 0.310 e. The van der Waals surface area contributed by atoms with Crippen molar-refractivity contribution >= 4 is 40.8 Å². The van der Waals surface area contributed by atoms with Crippen molar-refractivity contribution in [1.29, 1.82) is 0 Å². The number of ether oxygens (including phenoxy) is 1. The maximum atomic E-state index is 13.0. The highest BCUT2D eigenvalue weighted by Gasteiger charge is 2.56. The SMILES string of the molecule is O=C(O)[C@@H]1[C@@H](C(=O)N2CCN(c3ccc(Cl)c(Cl)c3)CC2)[C@@H]2CC[C@@H]1O2. The minimum atomic E-state index is -0.926. The normalized spacial score (nSPS) is 30.7. The number of nitrogens with zero attached hydrogens (tertiary/aromatic N) is 2. The number of hydrogen-bond donors (Lipinski definition) is 1. The maximum absolute atomic E-state index is 13.0. The van der Waals surface area contributed by atoms with E-state index in [1.165, 1.54) is 0 Å². The lowest BCUT2D eigenvalue weighted by Gasteiger charge is -2.38. The summed E-state index contributed by atoms with van der Waals surface area (Å²) in [4.78, 5) is 28.5. The fourth-order valence-electron chi connectivity index (χ4n) is 4.38. The van der Waals surface area contributed by atoms with Gasteiger partial charge in [0.15, 0.2) is 0 Å². The molecular weight excluding hydrogens is 379 g/mol. The maximum Gasteiger partial charge on any atom is 0.310 e. The summed E-state index contributed by atoms with van der Waals surface area (Å²) < 4.78 is 5.72. The molecule has 1 amide bonds. The van der Waals surface area contributed by atoms with E-state index in [0.29, 0.717) is 36.2 Å². The molecule has 0 unspecified atom stereocenters. The Morgan fingerprint density at radius 3 is 2.27 bits per heavy atom. The molecule has 0 spiro atoms. The number of carbonyl (C=O) groups excluding carboxylic acids is 1. The van der Waals surface area contributed by atoms with Gasteiger partial charge in [0, 0.05) is 31.9 Å². The standard InChI is InChI=1S/C18H20Cl2N2O4/c19-11-2-1-10(9-12(11)20)21-5-7-22(8-6-21)17(23)15-13-3-4-14(26-13)16(15)18(24)25/h1-2,9,13-16H,3-8H2,(H,24,25)/t13-,14-,15-,16-/m0/s1. The molecule has 3 fully saturated rings. The fraction of sp³-hybridized carbons (Fsp3) is 0.556. The Morgan fingerprint density at radius 1 is 1.00 bits per heavy atom. The largest absolute Gasteiger partial charge is 0.481 e. The van der Waals surface area contributed by atoms with Crippen molar-refractivity contribution in [3.8, 4) is 0 Å². The third-order valence-electron chi connectivity index (χ3n) is 5.70. The summed E-state index contributed by atoms with van der Waals surface area (Å²) in [6, 6.07) is 5.50. The van der Waals surface area contributed by atoms with Crippen LogP contribution in [-0.4, -0.2) is 60.3 Å². The topological polar surface area (TPSA) is 70.1 Å². The lowest BCUT2D eigenvalue weighted by atomic mass is 9.78. The van der Waals surface area contributed by atoms with Crippen LogP contribution in [0.2, 0.25) is 10.0 Å². The van der Waals surface area contributed by atoms with Crippen LogP contribution in [0.3, 0.4) is 0 Å². The predicted octanol–water partition coefficient (Wildman–Crippen LogP) is 2.52. The minimum Gasteiger partial charge on any atom is -0.481 e. The van der Waals surface area contributed by atoms with Gasteiger partial charge in [-0.1, -0.05) is 23.2 Å². The van der Waals surface area contributed by atoms with Gasteiger partial charge in [-0.05, 0) is 31.0 Å². The first-order chi connectivity index (χ1) is 12.5. The summed E-state index contributed by atoms with van der Waals surface area (Å²) in [5.74, 6) is -2.28. The van der Waals surface area contributed by atoms with Gasteiger partial charge in [0.25, 0.3) is 0 Å². The van der Waals surface area contributed by atoms with E-state index in [1.54, 1.807) is 11.0 Å². The molecule has 26 heavy (non-hydrogen) atoms. The summed E-state index contributed by atoms with van der Waals surface area (Å²) in [5, 5.41) is 10.5. The van der Waals surface area contributed by atoms with Gasteiger partial charge in [0.2, 0.25) is 5.91 Å². The van der Waals surface area contributed by atoms with Crippen LogP contribution < -0.4 is 4.90 Å². The van der Waals surface area contributed by atoms with Crippen molar-refractivity contribution in [2.75, 3.05) is 31.1 Å². The number of fused-ring (bicyclic) bond motifs is 2. The third kappa shape index (κ3) is 3.04. The Hall–Kier alpha value is -1.50. The molecule has 140 valence electrons. The van der Waals surface area contributed by atoms with Crippen LogP contribution >= 0.6 is 23.2 Å². The van der Waals surface area contributed by atoms with Gasteiger partial charge in [-0.15, -0.1) is 0 Å². The number of halogens is 2. The molecule has 0 saturated carbocycles. The lowest BCUT2D eigenvalue weighted by molar-refractivity contribution is -0.151. The summed E-state index contributed by atoms with van der Waals surface area (Å²) in [6.45, 7) is 2.45.